The first-order valence-electron chi connectivity index (χ1n) is 15.1. The summed E-state index contributed by atoms with van der Waals surface area (Å²) in [5.41, 5.74) is 0.993. The molecule has 1 N–H and O–H groups in total. The Morgan fingerprint density at radius 2 is 2.12 bits per heavy atom. The van der Waals surface area contributed by atoms with Crippen molar-refractivity contribution in [3.8, 4) is 0 Å². The number of nitrogens with zero attached hydrogens (tertiary/aromatic N) is 2. The second-order valence-corrected chi connectivity index (χ2v) is 13.9. The highest BCUT2D eigenvalue weighted by atomic mass is 35.5. The van der Waals surface area contributed by atoms with Crippen LogP contribution in [0.5, 0.6) is 0 Å². The first-order chi connectivity index (χ1) is 19.9. The number of carbonyl (C=O) groups excluding carboxylic acids is 1. The summed E-state index contributed by atoms with van der Waals surface area (Å²) in [6.45, 7) is 6.03. The Balaban J connectivity index is 1.21. The van der Waals surface area contributed by atoms with Crippen LogP contribution in [0.1, 0.15) is 84.6 Å². The summed E-state index contributed by atoms with van der Waals surface area (Å²) in [4.78, 5) is 19.8. The summed E-state index contributed by atoms with van der Waals surface area (Å²) >= 11 is 9.70. The van der Waals surface area contributed by atoms with Gasteiger partial charge in [-0.05, 0) is 68.1 Å². The van der Waals surface area contributed by atoms with E-state index >= 15 is 0 Å². The summed E-state index contributed by atoms with van der Waals surface area (Å²) in [5.74, 6) is 0.512. The fraction of sp³-hybridized carbons (Fsp3) is 0.677. The Hall–Kier alpha value is -1.23. The summed E-state index contributed by atoms with van der Waals surface area (Å²) in [6.07, 6.45) is 8.38. The Bertz CT molecular complexity index is 1080. The maximum absolute atomic E-state index is 14.4. The monoisotopic (exact) mass is 626 g/mol. The zero-order chi connectivity index (χ0) is 29.0. The largest absolute Gasteiger partial charge is 0.460 e. The molecule has 1 saturated heterocycles. The van der Waals surface area contributed by atoms with Gasteiger partial charge in [-0.3, -0.25) is 4.90 Å². The number of unbranched alkanes of at least 4 members (excludes halogenated alkanes) is 2. The Morgan fingerprint density at radius 3 is 2.93 bits per heavy atom. The molecular formula is C31H44ClFN2O4S2. The molecule has 2 fully saturated rings. The summed E-state index contributed by atoms with van der Waals surface area (Å²) in [5, 5.41) is 11.4. The zero-order valence-corrected chi connectivity index (χ0v) is 26.5. The summed E-state index contributed by atoms with van der Waals surface area (Å²) in [7, 11) is 0. The average molecular weight is 627 g/mol. The molecule has 6 nitrogen and oxygen atoms in total. The average Bonchev–Trinajstić information content (AvgIpc) is 3.53. The van der Waals surface area contributed by atoms with Crippen LogP contribution in [0.25, 0.3) is 0 Å². The normalized spacial score (nSPS) is 22.2. The topological polar surface area (TPSA) is 71.9 Å². The van der Waals surface area contributed by atoms with Crippen molar-refractivity contribution in [2.24, 2.45) is 11.8 Å². The van der Waals surface area contributed by atoms with E-state index in [9.17, 15) is 14.3 Å². The molecule has 228 valence electrons. The summed E-state index contributed by atoms with van der Waals surface area (Å²) < 4.78 is 25.1. The van der Waals surface area contributed by atoms with Gasteiger partial charge >= 0.3 is 5.97 Å². The number of aliphatic hydroxyl groups is 1. The van der Waals surface area contributed by atoms with Gasteiger partial charge in [-0.1, -0.05) is 38.3 Å². The van der Waals surface area contributed by atoms with Crippen LogP contribution < -0.4 is 0 Å². The maximum atomic E-state index is 14.4. The number of halogens is 2. The number of rotatable bonds is 16. The van der Waals surface area contributed by atoms with Crippen LogP contribution in [-0.2, 0) is 15.9 Å². The van der Waals surface area contributed by atoms with Crippen LogP contribution in [0.3, 0.4) is 0 Å². The van der Waals surface area contributed by atoms with Crippen molar-refractivity contribution in [2.45, 2.75) is 81.1 Å². The van der Waals surface area contributed by atoms with Crippen LogP contribution in [-0.4, -0.2) is 71.5 Å². The molecule has 10 heteroatoms. The minimum Gasteiger partial charge on any atom is -0.460 e. The van der Waals surface area contributed by atoms with Crippen molar-refractivity contribution in [2.75, 3.05) is 45.2 Å². The first-order valence-corrected chi connectivity index (χ1v) is 17.4. The van der Waals surface area contributed by atoms with Crippen LogP contribution in [0.4, 0.5) is 4.39 Å². The van der Waals surface area contributed by atoms with Gasteiger partial charge in [0.15, 0.2) is 4.88 Å². The number of aromatic nitrogens is 1. The lowest BCUT2D eigenvalue weighted by Gasteiger charge is -2.26. The van der Waals surface area contributed by atoms with Gasteiger partial charge in [0, 0.05) is 35.7 Å². The van der Waals surface area contributed by atoms with Crippen LogP contribution in [0, 0.1) is 17.8 Å². The smallest absolute Gasteiger partial charge is 0.353 e. The van der Waals surface area contributed by atoms with Gasteiger partial charge in [-0.25, -0.2) is 9.78 Å². The van der Waals surface area contributed by atoms with E-state index in [1.807, 2.05) is 23.9 Å². The number of aliphatic hydroxyl groups excluding tert-OH is 1. The molecule has 1 aromatic heterocycles. The minimum absolute atomic E-state index is 0.0318. The van der Waals surface area contributed by atoms with E-state index in [1.54, 1.807) is 0 Å². The number of aryl methyl sites for hydroxylation is 1. The van der Waals surface area contributed by atoms with E-state index in [0.717, 1.165) is 87.1 Å². The van der Waals surface area contributed by atoms with Gasteiger partial charge in [-0.15, -0.1) is 34.7 Å². The molecule has 1 saturated carbocycles. The molecular weight excluding hydrogens is 583 g/mol. The van der Waals surface area contributed by atoms with E-state index in [2.05, 4.69) is 28.9 Å². The second-order valence-electron chi connectivity index (χ2n) is 11.1. The fourth-order valence-electron chi connectivity index (χ4n) is 5.70. The van der Waals surface area contributed by atoms with Crippen LogP contribution >= 0.6 is 34.7 Å². The number of benzene rings is 1. The highest BCUT2D eigenvalue weighted by Crippen LogP contribution is 2.42. The molecule has 1 aromatic carbocycles. The number of ether oxygens (including phenoxy) is 2. The predicted molar refractivity (Wildman–Crippen MR) is 165 cm³/mol. The van der Waals surface area contributed by atoms with E-state index in [1.165, 1.54) is 4.90 Å². The van der Waals surface area contributed by atoms with Crippen molar-refractivity contribution in [3.05, 3.63) is 45.7 Å². The third kappa shape index (κ3) is 10.2. The van der Waals surface area contributed by atoms with Gasteiger partial charge in [0.2, 0.25) is 5.95 Å². The van der Waals surface area contributed by atoms with Crippen LogP contribution in [0.15, 0.2) is 29.2 Å². The van der Waals surface area contributed by atoms with E-state index < -0.39 is 18.0 Å². The Morgan fingerprint density at radius 1 is 1.29 bits per heavy atom. The number of thioether (sulfide) groups is 1. The van der Waals surface area contributed by atoms with Gasteiger partial charge < -0.3 is 14.6 Å². The standard InChI is InChI=1S/C31H44ClFN2O4S2/c1-2-3-4-10-27(36)23-8-5-9-24(20-23)40-21-25-22(12-13-26(25)32)7-6-11-28-34-30(33)29(41-28)31(37)39-19-16-35-14-17-38-18-15-35/h5,8-9,20,22,25-27,36H,2-4,6-7,10-19,21H2,1H3/t22-,25+,26?,27?/m0/s1. The lowest BCUT2D eigenvalue weighted by molar-refractivity contribution is 0.0196. The number of esters is 1. The number of morpholine rings is 1. The van der Waals surface area contributed by atoms with Gasteiger partial charge in [0.1, 0.15) is 6.61 Å². The number of carbonyl (C=O) groups is 1. The number of alkyl halides is 1. The molecule has 2 aromatic rings. The second kappa shape index (κ2) is 17.2. The third-order valence-corrected chi connectivity index (χ3v) is 10.9. The highest BCUT2D eigenvalue weighted by Gasteiger charge is 2.34. The first kappa shape index (κ1) is 32.7. The van der Waals surface area contributed by atoms with E-state index in [4.69, 9.17) is 21.1 Å². The molecule has 0 amide bonds. The SMILES string of the molecule is CCCCCC(O)c1cccc(SC[C@H]2C(Cl)CC[C@@H]2CCCc2nc(F)c(C(=O)OCCN3CCOCC3)s2)c1. The quantitative estimate of drug-likeness (QED) is 0.0919. The maximum Gasteiger partial charge on any atom is 0.353 e. The molecule has 2 unspecified atom stereocenters. The molecule has 1 aliphatic heterocycles. The zero-order valence-electron chi connectivity index (χ0n) is 24.1. The van der Waals surface area contributed by atoms with Crippen molar-refractivity contribution in [1.82, 2.24) is 9.88 Å². The predicted octanol–water partition coefficient (Wildman–Crippen LogP) is 7.13. The van der Waals surface area contributed by atoms with E-state index in [0.29, 0.717) is 43.0 Å². The number of hydrogen-bond acceptors (Lipinski definition) is 8. The molecule has 0 spiro atoms. The fourth-order valence-corrected chi connectivity index (χ4v) is 8.39. The molecule has 0 bridgehead atoms. The van der Waals surface area contributed by atoms with Gasteiger partial charge in [-0.2, -0.15) is 4.39 Å². The van der Waals surface area contributed by atoms with Gasteiger partial charge in [0.25, 0.3) is 0 Å². The van der Waals surface area contributed by atoms with Crippen molar-refractivity contribution < 1.29 is 23.8 Å². The third-order valence-electron chi connectivity index (χ3n) is 8.18. The molecule has 4 atom stereocenters. The van der Waals surface area contributed by atoms with Crippen molar-refractivity contribution in [3.63, 3.8) is 0 Å². The molecule has 0 radical (unpaired) electrons. The van der Waals surface area contributed by atoms with Gasteiger partial charge in [0.05, 0.1) is 24.3 Å². The van der Waals surface area contributed by atoms with Crippen molar-refractivity contribution >= 4 is 40.7 Å². The lowest BCUT2D eigenvalue weighted by Crippen LogP contribution is -2.38. The van der Waals surface area contributed by atoms with Crippen molar-refractivity contribution in [1.29, 1.82) is 0 Å². The highest BCUT2D eigenvalue weighted by molar-refractivity contribution is 7.99. The van der Waals surface area contributed by atoms with E-state index in [-0.39, 0.29) is 16.9 Å². The Labute approximate surface area is 257 Å². The molecule has 41 heavy (non-hydrogen) atoms. The number of hydrogen-bond donors (Lipinski definition) is 1. The lowest BCUT2D eigenvalue weighted by atomic mass is 9.92. The Kier molecular flexibility index (Phi) is 13.7. The summed E-state index contributed by atoms with van der Waals surface area (Å²) in [6, 6.07) is 8.28. The number of thiazole rings is 1. The molecule has 2 aliphatic rings. The minimum atomic E-state index is -0.727. The molecule has 2 heterocycles. The van der Waals surface area contributed by atoms with Crippen LogP contribution in [0.2, 0.25) is 0 Å². The molecule has 1 aliphatic carbocycles. The molecule has 4 rings (SSSR count).